The fraction of sp³-hybridized carbons (Fsp3) is 0. The van der Waals surface area contributed by atoms with Crippen LogP contribution in [-0.4, -0.2) is 51.9 Å². The van der Waals surface area contributed by atoms with Crippen molar-refractivity contribution >= 4 is 32.7 Å². The topological polar surface area (TPSA) is 80.9 Å². The normalized spacial score (nSPS) is 10.0. The van der Waals surface area contributed by atoms with E-state index in [9.17, 15) is 0 Å². The monoisotopic (exact) mass is 228 g/mol. The molecule has 0 saturated carbocycles. The molecule has 4 nitrogen and oxygen atoms in total. The average Bonchev–Trinajstić information content (AvgIpc) is 0.722. The maximum absolute atomic E-state index is 7.33. The van der Waals surface area contributed by atoms with Gasteiger partial charge < -0.3 is 19.2 Å². The van der Waals surface area contributed by atoms with Crippen LogP contribution in [-0.2, 0) is 0 Å². The predicted octanol–water partition coefficient (Wildman–Crippen LogP) is -3.52. The quantitative estimate of drug-likeness (QED) is 0.322. The summed E-state index contributed by atoms with van der Waals surface area (Å²) in [5.74, 6) is 0. The third-order valence-electron chi connectivity index (χ3n) is 0. The molecule has 4 N–H and O–H groups in total. The molecule has 0 rings (SSSR count). The van der Waals surface area contributed by atoms with E-state index < -0.39 is 9.05 Å². The summed E-state index contributed by atoms with van der Waals surface area (Å²) >= 11 is 0. The molecular formula is H6O4SiTe. The van der Waals surface area contributed by atoms with Crippen LogP contribution in [0, 0.1) is 0 Å². The Kier molecular flexibility index (Phi) is 4.86. The Morgan fingerprint density at radius 3 is 0.833 bits per heavy atom. The van der Waals surface area contributed by atoms with Gasteiger partial charge in [-0.05, 0) is 0 Å². The first-order valence-electron chi connectivity index (χ1n) is 0.894. The molecule has 0 aliphatic heterocycles. The molecule has 0 atom stereocenters. The summed E-state index contributed by atoms with van der Waals surface area (Å²) in [6.45, 7) is 0. The van der Waals surface area contributed by atoms with Crippen LogP contribution in [0.15, 0.2) is 0 Å². The van der Waals surface area contributed by atoms with Crippen LogP contribution in [0.3, 0.4) is 0 Å². The molecule has 0 saturated heterocycles. The van der Waals surface area contributed by atoms with Crippen molar-refractivity contribution in [1.29, 1.82) is 0 Å². The Bertz CT molecular complexity index is 23.0. The number of rotatable bonds is 0. The van der Waals surface area contributed by atoms with Gasteiger partial charge in [0.25, 0.3) is 0 Å². The molecule has 0 aliphatic rings. The maximum atomic E-state index is 7.33. The summed E-state index contributed by atoms with van der Waals surface area (Å²) in [4.78, 5) is 29.3. The Hall–Kier alpha value is 0.846. The van der Waals surface area contributed by atoms with Crippen molar-refractivity contribution < 1.29 is 19.2 Å². The van der Waals surface area contributed by atoms with Crippen LogP contribution in [0.2, 0.25) is 0 Å². The van der Waals surface area contributed by atoms with Gasteiger partial charge in [-0.15, -0.1) is 0 Å². The third kappa shape index (κ3) is 100. The van der Waals surface area contributed by atoms with E-state index >= 15 is 0 Å². The van der Waals surface area contributed by atoms with Gasteiger partial charge in [0.05, 0.1) is 0 Å². The molecule has 0 aromatic rings. The zero-order valence-electron chi connectivity index (χ0n) is 2.79. The van der Waals surface area contributed by atoms with Crippen molar-refractivity contribution in [3.8, 4) is 0 Å². The fourth-order valence-corrected chi connectivity index (χ4v) is 0. The van der Waals surface area contributed by atoms with Gasteiger partial charge in [0, 0.05) is 0 Å². The van der Waals surface area contributed by atoms with E-state index in [4.69, 9.17) is 19.2 Å². The van der Waals surface area contributed by atoms with Crippen molar-refractivity contribution in [1.82, 2.24) is 0 Å². The van der Waals surface area contributed by atoms with Crippen LogP contribution in [0.5, 0.6) is 0 Å². The first kappa shape index (κ1) is 9.96. The fourth-order valence-electron chi connectivity index (χ4n) is 0. The second kappa shape index (κ2) is 2.93. The molecule has 0 aromatic heterocycles. The molecule has 0 aromatic carbocycles. The standard InChI is InChI=1S/H4O4Si.H2Te/c1-5(2,3)4;/h1-4H;1H2. The molecule has 0 spiro atoms. The summed E-state index contributed by atoms with van der Waals surface area (Å²) in [5, 5.41) is 0. The first-order chi connectivity index (χ1) is 2.00. The van der Waals surface area contributed by atoms with Gasteiger partial charge in [0.1, 0.15) is 0 Å². The van der Waals surface area contributed by atoms with Crippen molar-refractivity contribution in [2.45, 2.75) is 0 Å². The van der Waals surface area contributed by atoms with Crippen LogP contribution >= 0.6 is 0 Å². The summed E-state index contributed by atoms with van der Waals surface area (Å²) in [6, 6.07) is 0. The van der Waals surface area contributed by atoms with Crippen LogP contribution in [0.4, 0.5) is 0 Å². The zero-order chi connectivity index (χ0) is 4.50. The SMILES string of the molecule is O[Si](O)(O)O.[TeH2]. The van der Waals surface area contributed by atoms with E-state index in [0.29, 0.717) is 0 Å². The van der Waals surface area contributed by atoms with Crippen molar-refractivity contribution in [2.75, 3.05) is 0 Å². The molecule has 0 bridgehead atoms. The van der Waals surface area contributed by atoms with Crippen LogP contribution in [0.1, 0.15) is 0 Å². The Balaban J connectivity index is 0. The summed E-state index contributed by atoms with van der Waals surface area (Å²) in [6.07, 6.45) is 0. The van der Waals surface area contributed by atoms with E-state index in [1.54, 1.807) is 0 Å². The van der Waals surface area contributed by atoms with E-state index in [0.717, 1.165) is 0 Å². The van der Waals surface area contributed by atoms with E-state index in [2.05, 4.69) is 0 Å². The van der Waals surface area contributed by atoms with Crippen molar-refractivity contribution in [3.63, 3.8) is 0 Å². The van der Waals surface area contributed by atoms with Crippen LogP contribution < -0.4 is 0 Å². The Labute approximate surface area is 52.3 Å². The molecule has 0 radical (unpaired) electrons. The van der Waals surface area contributed by atoms with Gasteiger partial charge in [0.2, 0.25) is 0 Å². The van der Waals surface area contributed by atoms with Gasteiger partial charge in [-0.3, -0.25) is 0 Å². The molecule has 0 amide bonds. The van der Waals surface area contributed by atoms with E-state index in [1.165, 1.54) is 0 Å². The molecule has 0 aliphatic carbocycles. The molecule has 6 heteroatoms. The molecule has 0 heterocycles. The molecule has 0 unspecified atom stereocenters. The molecule has 40 valence electrons. The predicted molar refractivity (Wildman–Crippen MR) is 23.2 cm³/mol. The number of hydrogen-bond donors (Lipinski definition) is 4. The van der Waals surface area contributed by atoms with E-state index in [1.807, 2.05) is 0 Å². The van der Waals surface area contributed by atoms with Gasteiger partial charge in [-0.2, -0.15) is 0 Å². The Morgan fingerprint density at radius 1 is 0.833 bits per heavy atom. The van der Waals surface area contributed by atoms with E-state index in [-0.39, 0.29) is 23.7 Å². The van der Waals surface area contributed by atoms with Gasteiger partial charge in [-0.1, -0.05) is 0 Å². The molecule has 6 heavy (non-hydrogen) atoms. The van der Waals surface area contributed by atoms with Gasteiger partial charge in [-0.25, -0.2) is 0 Å². The second-order valence-corrected chi connectivity index (χ2v) is 1.80. The zero-order valence-corrected chi connectivity index (χ0v) is 6.64. The first-order valence-corrected chi connectivity index (χ1v) is 2.68. The number of hydrogen-bond acceptors (Lipinski definition) is 4. The summed E-state index contributed by atoms with van der Waals surface area (Å²) in [7, 11) is -4.61. The van der Waals surface area contributed by atoms with Crippen molar-refractivity contribution in [2.24, 2.45) is 0 Å². The van der Waals surface area contributed by atoms with Crippen molar-refractivity contribution in [3.05, 3.63) is 0 Å². The third-order valence-corrected chi connectivity index (χ3v) is 0. The second-order valence-electron chi connectivity index (χ2n) is 0.600. The minimum absolute atomic E-state index is 0. The van der Waals surface area contributed by atoms with Gasteiger partial charge in [0.15, 0.2) is 0 Å². The molecular weight excluding hydrogens is 220 g/mol. The summed E-state index contributed by atoms with van der Waals surface area (Å²) in [5.41, 5.74) is 0. The summed E-state index contributed by atoms with van der Waals surface area (Å²) < 4.78 is 0. The molecule has 0 fully saturated rings. The van der Waals surface area contributed by atoms with Gasteiger partial charge >= 0.3 is 32.7 Å². The minimum atomic E-state index is -4.61. The van der Waals surface area contributed by atoms with Crippen LogP contribution in [0.25, 0.3) is 0 Å². The average molecular weight is 226 g/mol. The Morgan fingerprint density at radius 2 is 0.833 bits per heavy atom.